The Labute approximate surface area is 279 Å². The molecule has 1 aliphatic heterocycles. The molecule has 5 aromatic rings. The van der Waals surface area contributed by atoms with Crippen LogP contribution in [-0.2, 0) is 54.8 Å². The first-order valence-corrected chi connectivity index (χ1v) is 16.3. The molecule has 4 aromatic carbocycles. The molecule has 1 N–H and O–H groups in total. The molecule has 42 heavy (non-hydrogen) atoms. The van der Waals surface area contributed by atoms with E-state index >= 15 is 0 Å². The van der Waals surface area contributed by atoms with Crippen LogP contribution in [0.25, 0.3) is 31.8 Å². The number of rotatable bonds is 6. The molecule has 0 saturated carbocycles. The van der Waals surface area contributed by atoms with Crippen LogP contribution >= 0.6 is 11.3 Å². The normalized spacial score (nSPS) is 13.9. The Morgan fingerprint density at radius 3 is 2.10 bits per heavy atom. The second-order valence-corrected chi connectivity index (χ2v) is 13.8. The van der Waals surface area contributed by atoms with Crippen LogP contribution in [0.3, 0.4) is 0 Å². The molecule has 0 bridgehead atoms. The number of unbranched alkanes of at least 4 members (excludes halogenated alkanes) is 1. The standard InChI is InChI=1S/C19H23NO3S.C14H14NS.CH4.Y/c1-14-19(2,3)18-16-9-5-4-8-15(16)10-11-17(18)20(14)12-6-7-13-24(21,22)23;1-3-15-10(2)16-13-9-8-11-6-4-5-7-12(11)14(13)15;;/h4-5,8-11H,6-7,12-13H2,1-3H3;4-9H,3H2,1-2H3;1H4;/q;+1;;/p+1. The number of aryl methyl sites for hydroxylation is 2. The van der Waals surface area contributed by atoms with Gasteiger partial charge >= 0.3 is 0 Å². The van der Waals surface area contributed by atoms with Crippen molar-refractivity contribution in [2.75, 3.05) is 12.3 Å². The van der Waals surface area contributed by atoms with Gasteiger partial charge in [-0.1, -0.05) is 67.3 Å². The maximum Gasteiger partial charge on any atom is 0.264 e. The topological polar surface area (TPSA) is 61.3 Å². The molecule has 1 aliphatic rings. The van der Waals surface area contributed by atoms with E-state index in [2.05, 4.69) is 117 Å². The molecule has 1 radical (unpaired) electrons. The van der Waals surface area contributed by atoms with E-state index < -0.39 is 10.1 Å². The first kappa shape index (κ1) is 34.5. The van der Waals surface area contributed by atoms with Crippen LogP contribution in [-0.4, -0.2) is 35.6 Å². The van der Waals surface area contributed by atoms with Crippen molar-refractivity contribution in [1.29, 1.82) is 0 Å². The van der Waals surface area contributed by atoms with Crippen LogP contribution in [0.15, 0.2) is 72.8 Å². The monoisotopic (exact) mass is 679 g/mol. The maximum absolute atomic E-state index is 10.9. The molecule has 0 saturated heterocycles. The van der Waals surface area contributed by atoms with Gasteiger partial charge in [0.1, 0.15) is 17.8 Å². The number of hydrogen-bond acceptors (Lipinski definition) is 3. The molecule has 0 unspecified atom stereocenters. The summed E-state index contributed by atoms with van der Waals surface area (Å²) in [5.41, 5.74) is 5.17. The van der Waals surface area contributed by atoms with Gasteiger partial charge in [-0.3, -0.25) is 4.55 Å². The number of benzene rings is 4. The molecule has 0 atom stereocenters. The first-order chi connectivity index (χ1) is 19.0. The Balaban J connectivity index is 0.000000235. The second-order valence-electron chi connectivity index (χ2n) is 11.0. The predicted molar refractivity (Wildman–Crippen MR) is 175 cm³/mol. The van der Waals surface area contributed by atoms with Crippen molar-refractivity contribution in [2.24, 2.45) is 0 Å². The van der Waals surface area contributed by atoms with Crippen molar-refractivity contribution in [3.63, 3.8) is 0 Å². The van der Waals surface area contributed by atoms with Crippen molar-refractivity contribution in [2.45, 2.75) is 66.8 Å². The van der Waals surface area contributed by atoms with Crippen molar-refractivity contribution in [3.05, 3.63) is 83.4 Å². The Bertz CT molecular complexity index is 1870. The minimum absolute atomic E-state index is 0. The average Bonchev–Trinajstić information content (AvgIpc) is 3.36. The Morgan fingerprint density at radius 1 is 0.857 bits per heavy atom. The molecular weight excluding hydrogens is 637 g/mol. The molecule has 0 amide bonds. The Kier molecular flexibility index (Phi) is 11.3. The van der Waals surface area contributed by atoms with Crippen LogP contribution in [0.5, 0.6) is 0 Å². The van der Waals surface area contributed by atoms with E-state index in [1.54, 1.807) is 0 Å². The summed E-state index contributed by atoms with van der Waals surface area (Å²) >= 11 is 1.88. The minimum atomic E-state index is -3.87. The Hall–Kier alpha value is -2.03. The summed E-state index contributed by atoms with van der Waals surface area (Å²) in [7, 11) is -3.87. The molecule has 0 spiro atoms. The number of thiazole rings is 1. The van der Waals surface area contributed by atoms with Gasteiger partial charge in [0.2, 0.25) is 16.2 Å². The Morgan fingerprint density at radius 2 is 1.45 bits per heavy atom. The molecular formula is C34H42N2O3S2Y+2. The summed E-state index contributed by atoms with van der Waals surface area (Å²) < 4.78 is 36.7. The molecule has 0 fully saturated rings. The van der Waals surface area contributed by atoms with E-state index in [0.717, 1.165) is 19.5 Å². The summed E-state index contributed by atoms with van der Waals surface area (Å²) in [5.74, 6) is -0.173. The van der Waals surface area contributed by atoms with Crippen molar-refractivity contribution >= 4 is 64.6 Å². The molecule has 2 heterocycles. The maximum atomic E-state index is 10.9. The smallest absolute Gasteiger partial charge is 0.264 e. The van der Waals surface area contributed by atoms with E-state index in [1.807, 2.05) is 11.3 Å². The molecule has 8 heteroatoms. The van der Waals surface area contributed by atoms with E-state index in [4.69, 9.17) is 4.55 Å². The summed E-state index contributed by atoms with van der Waals surface area (Å²) in [4.78, 5) is 0. The summed E-state index contributed by atoms with van der Waals surface area (Å²) in [6, 6.07) is 25.8. The van der Waals surface area contributed by atoms with E-state index in [1.165, 1.54) is 53.7 Å². The fourth-order valence-corrected chi connectivity index (χ4v) is 7.70. The number of fused-ring (bicyclic) bond motifs is 6. The molecule has 219 valence electrons. The van der Waals surface area contributed by atoms with Crippen LogP contribution in [0, 0.1) is 6.92 Å². The minimum Gasteiger partial charge on any atom is -0.286 e. The van der Waals surface area contributed by atoms with E-state index in [0.29, 0.717) is 6.42 Å². The first-order valence-electron chi connectivity index (χ1n) is 13.9. The fourth-order valence-electron chi connectivity index (χ4n) is 6.03. The zero-order chi connectivity index (χ0) is 28.7. The van der Waals surface area contributed by atoms with Crippen LogP contribution in [0.4, 0.5) is 5.69 Å². The predicted octanol–water partition coefficient (Wildman–Crippen LogP) is 8.21. The number of nitrogens with zero attached hydrogens (tertiary/aromatic N) is 2. The second kappa shape index (κ2) is 13.7. The summed E-state index contributed by atoms with van der Waals surface area (Å²) in [6.07, 6.45) is 1.19. The number of hydrogen-bond donors (Lipinski definition) is 1. The van der Waals surface area contributed by atoms with Gasteiger partial charge in [-0.25, -0.2) is 0 Å². The van der Waals surface area contributed by atoms with E-state index in [-0.39, 0.29) is 51.3 Å². The van der Waals surface area contributed by atoms with Gasteiger partial charge in [-0.15, -0.1) is 0 Å². The largest absolute Gasteiger partial charge is 0.286 e. The van der Waals surface area contributed by atoms with Gasteiger partial charge in [-0.05, 0) is 61.5 Å². The van der Waals surface area contributed by atoms with Gasteiger partial charge in [0.05, 0.1) is 16.6 Å². The number of aromatic nitrogens is 1. The average molecular weight is 680 g/mol. The van der Waals surface area contributed by atoms with Gasteiger partial charge in [0.25, 0.3) is 10.1 Å². The van der Waals surface area contributed by atoms with Gasteiger partial charge in [-0.2, -0.15) is 17.6 Å². The van der Waals surface area contributed by atoms with Gasteiger partial charge < -0.3 is 0 Å². The van der Waals surface area contributed by atoms with Crippen molar-refractivity contribution in [1.82, 2.24) is 0 Å². The van der Waals surface area contributed by atoms with Crippen molar-refractivity contribution < 1.29 is 54.8 Å². The fraction of sp³-hybridized carbons (Fsp3) is 0.353. The third-order valence-corrected chi connectivity index (χ3v) is 10.1. The van der Waals surface area contributed by atoms with Crippen LogP contribution in [0.2, 0.25) is 0 Å². The third kappa shape index (κ3) is 6.71. The molecule has 6 rings (SSSR count). The quantitative estimate of drug-likeness (QED) is 0.112. The van der Waals surface area contributed by atoms with Gasteiger partial charge in [0, 0.05) is 64.6 Å². The zero-order valence-corrected chi connectivity index (χ0v) is 29.0. The third-order valence-electron chi connectivity index (χ3n) is 8.25. The molecule has 5 nitrogen and oxygen atoms in total. The van der Waals surface area contributed by atoms with Crippen LogP contribution < -0.4 is 4.57 Å². The molecule has 0 aliphatic carbocycles. The van der Waals surface area contributed by atoms with Gasteiger partial charge in [0.15, 0.2) is 5.71 Å². The summed E-state index contributed by atoms with van der Waals surface area (Å²) in [6.45, 7) is 12.8. The summed E-state index contributed by atoms with van der Waals surface area (Å²) in [5, 5.41) is 6.60. The SMILES string of the molecule is C.CC1=[N+](CCCCS(=O)(=O)O)c2ccc3ccccc3c2C1(C)C.CC[n+]1c(C)sc2ccc3ccccc3c21.[Y]. The zero-order valence-electron chi connectivity index (χ0n) is 24.5. The van der Waals surface area contributed by atoms with E-state index in [9.17, 15) is 8.42 Å². The van der Waals surface area contributed by atoms with Crippen molar-refractivity contribution in [3.8, 4) is 0 Å². The molecule has 1 aromatic heterocycles. The van der Waals surface area contributed by atoms with Crippen LogP contribution in [0.1, 0.15) is 58.5 Å².